The molecule has 0 radical (unpaired) electrons. The Labute approximate surface area is 122 Å². The first-order valence-corrected chi connectivity index (χ1v) is 7.65. The molecule has 1 aliphatic rings. The fourth-order valence-corrected chi connectivity index (χ4v) is 3.24. The summed E-state index contributed by atoms with van der Waals surface area (Å²) in [7, 11) is 3.81. The Morgan fingerprint density at radius 3 is 2.85 bits per heavy atom. The summed E-state index contributed by atoms with van der Waals surface area (Å²) in [6, 6.07) is 8.45. The first-order chi connectivity index (χ1) is 9.63. The molecule has 1 N–H and O–H groups in total. The lowest BCUT2D eigenvalue weighted by Crippen LogP contribution is -2.45. The van der Waals surface area contributed by atoms with Crippen molar-refractivity contribution in [1.82, 2.24) is 4.90 Å². The van der Waals surface area contributed by atoms with Gasteiger partial charge in [-0.25, -0.2) is 0 Å². The summed E-state index contributed by atoms with van der Waals surface area (Å²) in [6.07, 6.45) is 4.25. The second kappa shape index (κ2) is 7.09. The van der Waals surface area contributed by atoms with Crippen LogP contribution in [-0.4, -0.2) is 36.3 Å². The summed E-state index contributed by atoms with van der Waals surface area (Å²) >= 11 is 0. The summed E-state index contributed by atoms with van der Waals surface area (Å²) in [5, 5.41) is 10.3. The lowest BCUT2D eigenvalue weighted by atomic mass is 9.81. The van der Waals surface area contributed by atoms with Crippen LogP contribution in [0.4, 0.5) is 0 Å². The molecule has 0 heterocycles. The van der Waals surface area contributed by atoms with Crippen molar-refractivity contribution in [2.24, 2.45) is 5.92 Å². The minimum absolute atomic E-state index is 0.187. The molecule has 3 heteroatoms. The van der Waals surface area contributed by atoms with Crippen molar-refractivity contribution in [1.29, 1.82) is 0 Å². The molecule has 3 unspecified atom stereocenters. The van der Waals surface area contributed by atoms with Crippen LogP contribution in [0, 0.1) is 5.92 Å². The standard InChI is InChI=1S/C17H27NO2/c1-4-13-8-9-17(19)16(11-13)18(2)12-14-6-5-7-15(10-14)20-3/h5-7,10,13,16-17,19H,4,8-9,11-12H2,1-3H3. The highest BCUT2D eigenvalue weighted by Gasteiger charge is 2.31. The summed E-state index contributed by atoms with van der Waals surface area (Å²) in [5.74, 6) is 1.66. The minimum atomic E-state index is -0.187. The van der Waals surface area contributed by atoms with E-state index in [1.54, 1.807) is 7.11 Å². The Morgan fingerprint density at radius 1 is 1.35 bits per heavy atom. The lowest BCUT2D eigenvalue weighted by Gasteiger charge is -2.38. The van der Waals surface area contributed by atoms with Crippen molar-refractivity contribution in [2.45, 2.75) is 51.3 Å². The molecule has 0 amide bonds. The van der Waals surface area contributed by atoms with Crippen LogP contribution in [-0.2, 0) is 6.54 Å². The third-order valence-electron chi connectivity index (χ3n) is 4.60. The summed E-state index contributed by atoms with van der Waals surface area (Å²) in [4.78, 5) is 2.29. The van der Waals surface area contributed by atoms with Crippen LogP contribution in [0.2, 0.25) is 0 Å². The van der Waals surface area contributed by atoms with Gasteiger partial charge in [-0.05, 0) is 49.9 Å². The van der Waals surface area contributed by atoms with E-state index >= 15 is 0 Å². The van der Waals surface area contributed by atoms with E-state index in [-0.39, 0.29) is 12.1 Å². The Hall–Kier alpha value is -1.06. The number of nitrogens with zero attached hydrogens (tertiary/aromatic N) is 1. The fourth-order valence-electron chi connectivity index (χ4n) is 3.24. The van der Waals surface area contributed by atoms with E-state index in [2.05, 4.69) is 31.0 Å². The molecule has 3 atom stereocenters. The third kappa shape index (κ3) is 3.74. The Kier molecular flexibility index (Phi) is 5.44. The zero-order valence-corrected chi connectivity index (χ0v) is 12.9. The van der Waals surface area contributed by atoms with Crippen LogP contribution in [0.1, 0.15) is 38.2 Å². The molecule has 1 saturated carbocycles. The van der Waals surface area contributed by atoms with Gasteiger partial charge in [-0.2, -0.15) is 0 Å². The average Bonchev–Trinajstić information content (AvgIpc) is 2.47. The molecule has 1 fully saturated rings. The van der Waals surface area contributed by atoms with Gasteiger partial charge in [0.05, 0.1) is 13.2 Å². The molecule has 0 saturated heterocycles. The molecule has 112 valence electrons. The van der Waals surface area contributed by atoms with Crippen LogP contribution >= 0.6 is 0 Å². The summed E-state index contributed by atoms with van der Waals surface area (Å²) < 4.78 is 5.27. The van der Waals surface area contributed by atoms with Crippen LogP contribution in [0.25, 0.3) is 0 Å². The number of aliphatic hydroxyl groups excluding tert-OH is 1. The van der Waals surface area contributed by atoms with Gasteiger partial charge in [0.15, 0.2) is 0 Å². The van der Waals surface area contributed by atoms with Gasteiger partial charge in [-0.1, -0.05) is 25.5 Å². The Bertz CT molecular complexity index is 421. The van der Waals surface area contributed by atoms with Gasteiger partial charge in [-0.3, -0.25) is 4.90 Å². The zero-order chi connectivity index (χ0) is 14.5. The van der Waals surface area contributed by atoms with Crippen LogP contribution in [0.3, 0.4) is 0 Å². The molecule has 20 heavy (non-hydrogen) atoms. The van der Waals surface area contributed by atoms with E-state index < -0.39 is 0 Å². The van der Waals surface area contributed by atoms with Crippen molar-refractivity contribution in [3.63, 3.8) is 0 Å². The number of ether oxygens (including phenoxy) is 1. The number of rotatable bonds is 5. The van der Waals surface area contributed by atoms with E-state index in [9.17, 15) is 5.11 Å². The van der Waals surface area contributed by atoms with E-state index in [4.69, 9.17) is 4.74 Å². The topological polar surface area (TPSA) is 32.7 Å². The molecule has 1 aromatic rings. The molecule has 1 aliphatic carbocycles. The van der Waals surface area contributed by atoms with Crippen molar-refractivity contribution < 1.29 is 9.84 Å². The molecule has 3 nitrogen and oxygen atoms in total. The normalized spacial score (nSPS) is 26.8. The SMILES string of the molecule is CCC1CCC(O)C(N(C)Cc2cccc(OC)c2)C1. The van der Waals surface area contributed by atoms with Crippen molar-refractivity contribution >= 4 is 0 Å². The van der Waals surface area contributed by atoms with Crippen molar-refractivity contribution in [3.05, 3.63) is 29.8 Å². The van der Waals surface area contributed by atoms with Gasteiger partial charge >= 0.3 is 0 Å². The van der Waals surface area contributed by atoms with Gasteiger partial charge < -0.3 is 9.84 Å². The summed E-state index contributed by atoms with van der Waals surface area (Å²) in [6.45, 7) is 3.11. The number of likely N-dealkylation sites (N-methyl/N-ethyl adjacent to an activating group) is 1. The maximum Gasteiger partial charge on any atom is 0.119 e. The third-order valence-corrected chi connectivity index (χ3v) is 4.60. The maximum atomic E-state index is 10.3. The van der Waals surface area contributed by atoms with Crippen LogP contribution in [0.5, 0.6) is 5.75 Å². The number of hydrogen-bond donors (Lipinski definition) is 1. The van der Waals surface area contributed by atoms with Gasteiger partial charge in [0.2, 0.25) is 0 Å². The van der Waals surface area contributed by atoms with Gasteiger partial charge in [0, 0.05) is 12.6 Å². The Morgan fingerprint density at radius 2 is 2.15 bits per heavy atom. The lowest BCUT2D eigenvalue weighted by molar-refractivity contribution is 0.0105. The van der Waals surface area contributed by atoms with Gasteiger partial charge in [0.25, 0.3) is 0 Å². The molecule has 0 aromatic heterocycles. The largest absolute Gasteiger partial charge is 0.497 e. The monoisotopic (exact) mass is 277 g/mol. The van der Waals surface area contributed by atoms with Gasteiger partial charge in [-0.15, -0.1) is 0 Å². The maximum absolute atomic E-state index is 10.3. The minimum Gasteiger partial charge on any atom is -0.497 e. The average molecular weight is 277 g/mol. The van der Waals surface area contributed by atoms with Gasteiger partial charge in [0.1, 0.15) is 5.75 Å². The second-order valence-electron chi connectivity index (χ2n) is 5.99. The number of aliphatic hydroxyl groups is 1. The summed E-state index contributed by atoms with van der Waals surface area (Å²) in [5.41, 5.74) is 1.23. The first-order valence-electron chi connectivity index (χ1n) is 7.65. The smallest absolute Gasteiger partial charge is 0.119 e. The quantitative estimate of drug-likeness (QED) is 0.898. The first kappa shape index (κ1) is 15.3. The van der Waals surface area contributed by atoms with Crippen molar-refractivity contribution in [3.8, 4) is 5.75 Å². The highest BCUT2D eigenvalue weighted by Crippen LogP contribution is 2.30. The van der Waals surface area contributed by atoms with E-state index in [1.165, 1.54) is 18.4 Å². The molecule has 2 rings (SSSR count). The number of hydrogen-bond acceptors (Lipinski definition) is 3. The molecule has 0 aliphatic heterocycles. The van der Waals surface area contributed by atoms with E-state index in [0.717, 1.165) is 31.1 Å². The fraction of sp³-hybridized carbons (Fsp3) is 0.647. The molecule has 0 spiro atoms. The molecule has 1 aromatic carbocycles. The second-order valence-corrected chi connectivity index (χ2v) is 5.99. The van der Waals surface area contributed by atoms with Crippen LogP contribution < -0.4 is 4.74 Å². The molecular formula is C17H27NO2. The zero-order valence-electron chi connectivity index (χ0n) is 12.9. The van der Waals surface area contributed by atoms with Crippen molar-refractivity contribution in [2.75, 3.05) is 14.2 Å². The van der Waals surface area contributed by atoms with Crippen LogP contribution in [0.15, 0.2) is 24.3 Å². The number of benzene rings is 1. The highest BCUT2D eigenvalue weighted by atomic mass is 16.5. The molecule has 0 bridgehead atoms. The van der Waals surface area contributed by atoms with E-state index in [1.807, 2.05) is 12.1 Å². The molecular weight excluding hydrogens is 250 g/mol. The Balaban J connectivity index is 2.00. The predicted molar refractivity (Wildman–Crippen MR) is 81.9 cm³/mol. The number of methoxy groups -OCH3 is 1. The van der Waals surface area contributed by atoms with E-state index in [0.29, 0.717) is 0 Å². The highest BCUT2D eigenvalue weighted by molar-refractivity contribution is 5.28. The predicted octanol–water partition coefficient (Wildman–Crippen LogP) is 3.07.